The molecule has 21 heavy (non-hydrogen) atoms. The van der Waals surface area contributed by atoms with Gasteiger partial charge in [0.1, 0.15) is 0 Å². The maximum atomic E-state index is 10.4. The molecule has 0 saturated carbocycles. The molecule has 1 aliphatic rings. The molecule has 4 nitrogen and oxygen atoms in total. The van der Waals surface area contributed by atoms with Gasteiger partial charge in [0.25, 0.3) is 0 Å². The maximum absolute atomic E-state index is 10.4. The van der Waals surface area contributed by atoms with Gasteiger partial charge in [0.2, 0.25) is 0 Å². The van der Waals surface area contributed by atoms with Gasteiger partial charge in [-0.15, -0.1) is 0 Å². The number of aliphatic imine (C=N–C) groups is 1. The molecule has 1 saturated heterocycles. The average Bonchev–Trinajstić information content (AvgIpc) is 2.89. The first-order valence-electron chi connectivity index (χ1n) is 6.99. The van der Waals surface area contributed by atoms with E-state index in [2.05, 4.69) is 43.3 Å². The Balaban J connectivity index is 1.89. The zero-order chi connectivity index (χ0) is 15.3. The van der Waals surface area contributed by atoms with Crippen LogP contribution < -0.4 is 5.32 Å². The molecule has 1 aliphatic heterocycles. The molecule has 2 N–H and O–H groups in total. The highest BCUT2D eigenvalue weighted by atomic mass is 79.9. The Morgan fingerprint density at radius 2 is 2.19 bits per heavy atom. The van der Waals surface area contributed by atoms with Crippen molar-refractivity contribution in [3.63, 3.8) is 0 Å². The molecule has 0 aliphatic carbocycles. The van der Waals surface area contributed by atoms with Crippen LogP contribution in [0.15, 0.2) is 33.7 Å². The Hall–Kier alpha value is -0.720. The van der Waals surface area contributed by atoms with Gasteiger partial charge < -0.3 is 15.3 Å². The fourth-order valence-corrected chi connectivity index (χ4v) is 3.86. The second kappa shape index (κ2) is 7.51. The van der Waals surface area contributed by atoms with Crippen molar-refractivity contribution in [3.8, 4) is 0 Å². The van der Waals surface area contributed by atoms with Crippen molar-refractivity contribution in [1.29, 1.82) is 0 Å². The zero-order valence-corrected chi connectivity index (χ0v) is 14.9. The molecule has 0 amide bonds. The molecular formula is C15H22BrN3OS. The lowest BCUT2D eigenvalue weighted by Gasteiger charge is -2.27. The molecule has 1 fully saturated rings. The predicted molar refractivity (Wildman–Crippen MR) is 93.9 cm³/mol. The van der Waals surface area contributed by atoms with Gasteiger partial charge in [0, 0.05) is 37.4 Å². The number of rotatable bonds is 4. The maximum Gasteiger partial charge on any atom is 0.193 e. The van der Waals surface area contributed by atoms with E-state index in [1.165, 1.54) is 5.56 Å². The minimum atomic E-state index is -0.598. The van der Waals surface area contributed by atoms with Crippen molar-refractivity contribution in [3.05, 3.63) is 34.3 Å². The third-order valence-corrected chi connectivity index (χ3v) is 5.33. The van der Waals surface area contributed by atoms with Gasteiger partial charge in [-0.1, -0.05) is 28.1 Å². The fraction of sp³-hybridized carbons (Fsp3) is 0.533. The summed E-state index contributed by atoms with van der Waals surface area (Å²) in [6, 6.07) is 8.26. The molecule has 1 unspecified atom stereocenters. The summed E-state index contributed by atoms with van der Waals surface area (Å²) in [5.74, 6) is 2.64. The first-order chi connectivity index (χ1) is 10.0. The highest BCUT2D eigenvalue weighted by Gasteiger charge is 2.31. The van der Waals surface area contributed by atoms with Crippen LogP contribution in [0.25, 0.3) is 0 Å². The number of thioether (sulfide) groups is 1. The monoisotopic (exact) mass is 371 g/mol. The lowest BCUT2D eigenvalue weighted by Crippen LogP contribution is -2.47. The zero-order valence-electron chi connectivity index (χ0n) is 12.5. The number of nitrogens with zero attached hydrogens (tertiary/aromatic N) is 2. The van der Waals surface area contributed by atoms with Crippen LogP contribution in [0.2, 0.25) is 0 Å². The predicted octanol–water partition coefficient (Wildman–Crippen LogP) is 2.32. The number of aliphatic hydroxyl groups is 1. The third-order valence-electron chi connectivity index (χ3n) is 3.56. The van der Waals surface area contributed by atoms with E-state index < -0.39 is 5.60 Å². The van der Waals surface area contributed by atoms with Gasteiger partial charge >= 0.3 is 0 Å². The normalized spacial score (nSPS) is 22.4. The minimum Gasteiger partial charge on any atom is -0.387 e. The minimum absolute atomic E-state index is 0.553. The van der Waals surface area contributed by atoms with E-state index in [-0.39, 0.29) is 0 Å². The molecule has 1 aromatic rings. The van der Waals surface area contributed by atoms with Crippen molar-refractivity contribution in [1.82, 2.24) is 10.2 Å². The molecule has 0 radical (unpaired) electrons. The van der Waals surface area contributed by atoms with Crippen LogP contribution in [0.4, 0.5) is 0 Å². The molecule has 116 valence electrons. The molecule has 6 heteroatoms. The highest BCUT2D eigenvalue weighted by Crippen LogP contribution is 2.27. The average molecular weight is 372 g/mol. The third kappa shape index (κ3) is 4.90. The quantitative estimate of drug-likeness (QED) is 0.629. The molecular weight excluding hydrogens is 350 g/mol. The Morgan fingerprint density at radius 3 is 2.76 bits per heavy atom. The van der Waals surface area contributed by atoms with Crippen LogP contribution in [0.1, 0.15) is 12.0 Å². The Kier molecular flexibility index (Phi) is 5.96. The second-order valence-corrected chi connectivity index (χ2v) is 7.43. The van der Waals surface area contributed by atoms with E-state index in [9.17, 15) is 5.11 Å². The van der Waals surface area contributed by atoms with Crippen molar-refractivity contribution >= 4 is 33.7 Å². The van der Waals surface area contributed by atoms with E-state index in [1.807, 2.05) is 19.2 Å². The second-order valence-electron chi connectivity index (χ2n) is 5.41. The molecule has 1 atom stereocenters. The summed E-state index contributed by atoms with van der Waals surface area (Å²) in [7, 11) is 3.78. The number of benzene rings is 1. The van der Waals surface area contributed by atoms with E-state index in [4.69, 9.17) is 0 Å². The topological polar surface area (TPSA) is 47.9 Å². The summed E-state index contributed by atoms with van der Waals surface area (Å²) in [5, 5.41) is 13.7. The summed E-state index contributed by atoms with van der Waals surface area (Å²) in [4.78, 5) is 6.36. The van der Waals surface area contributed by atoms with Crippen LogP contribution in [0.5, 0.6) is 0 Å². The van der Waals surface area contributed by atoms with Crippen LogP contribution in [-0.4, -0.2) is 53.7 Å². The summed E-state index contributed by atoms with van der Waals surface area (Å²) in [5.41, 5.74) is 0.623. The van der Waals surface area contributed by atoms with Gasteiger partial charge in [-0.3, -0.25) is 4.99 Å². The lowest BCUT2D eigenvalue weighted by molar-refractivity contribution is 0.0718. The van der Waals surface area contributed by atoms with Crippen LogP contribution in [0, 0.1) is 0 Å². The van der Waals surface area contributed by atoms with E-state index in [0.717, 1.165) is 34.9 Å². The standard InChI is InChI=1S/C15H22BrN3OS/c1-17-14(18-10-15(20)7-8-21-11-15)19(2)9-12-3-5-13(16)6-4-12/h3-6,20H,7-11H2,1-2H3,(H,17,18). The number of nitrogens with one attached hydrogen (secondary N) is 1. The van der Waals surface area contributed by atoms with Crippen molar-refractivity contribution in [2.24, 2.45) is 4.99 Å². The summed E-state index contributed by atoms with van der Waals surface area (Å²) in [6.45, 7) is 1.33. The van der Waals surface area contributed by atoms with Gasteiger partial charge in [-0.05, 0) is 29.9 Å². The fourth-order valence-electron chi connectivity index (χ4n) is 2.30. The summed E-state index contributed by atoms with van der Waals surface area (Å²) in [6.07, 6.45) is 0.845. The van der Waals surface area contributed by atoms with Gasteiger partial charge in [-0.25, -0.2) is 0 Å². The summed E-state index contributed by atoms with van der Waals surface area (Å²) < 4.78 is 1.08. The van der Waals surface area contributed by atoms with Crippen molar-refractivity contribution in [2.75, 3.05) is 32.1 Å². The Labute approximate surface area is 139 Å². The van der Waals surface area contributed by atoms with Crippen LogP contribution in [0.3, 0.4) is 0 Å². The largest absolute Gasteiger partial charge is 0.387 e. The van der Waals surface area contributed by atoms with Crippen LogP contribution >= 0.6 is 27.7 Å². The number of hydrogen-bond donors (Lipinski definition) is 2. The van der Waals surface area contributed by atoms with Gasteiger partial charge in [-0.2, -0.15) is 11.8 Å². The van der Waals surface area contributed by atoms with Crippen molar-refractivity contribution < 1.29 is 5.11 Å². The number of hydrogen-bond acceptors (Lipinski definition) is 3. The first-order valence-corrected chi connectivity index (χ1v) is 8.93. The SMILES string of the molecule is CN=C(NCC1(O)CCSC1)N(C)Cc1ccc(Br)cc1. The molecule has 0 bridgehead atoms. The Bertz CT molecular complexity index is 486. The molecule has 0 aromatic heterocycles. The van der Waals surface area contributed by atoms with Gasteiger partial charge in [0.15, 0.2) is 5.96 Å². The van der Waals surface area contributed by atoms with Crippen molar-refractivity contribution in [2.45, 2.75) is 18.6 Å². The smallest absolute Gasteiger partial charge is 0.193 e. The Morgan fingerprint density at radius 1 is 1.48 bits per heavy atom. The molecule has 0 spiro atoms. The first kappa shape index (κ1) is 16.6. The van der Waals surface area contributed by atoms with E-state index in [0.29, 0.717) is 6.54 Å². The van der Waals surface area contributed by atoms with E-state index in [1.54, 1.807) is 18.8 Å². The van der Waals surface area contributed by atoms with E-state index >= 15 is 0 Å². The van der Waals surface area contributed by atoms with Gasteiger partial charge in [0.05, 0.1) is 5.60 Å². The lowest BCUT2D eigenvalue weighted by atomic mass is 10.0. The highest BCUT2D eigenvalue weighted by molar-refractivity contribution is 9.10. The van der Waals surface area contributed by atoms with Crippen LogP contribution in [-0.2, 0) is 6.54 Å². The summed E-state index contributed by atoms with van der Waals surface area (Å²) >= 11 is 5.25. The molecule has 2 rings (SSSR count). The number of halogens is 1. The molecule has 1 heterocycles. The number of guanidine groups is 1. The molecule has 1 aromatic carbocycles.